The van der Waals surface area contributed by atoms with Crippen LogP contribution in [0.25, 0.3) is 86.2 Å². The summed E-state index contributed by atoms with van der Waals surface area (Å²) in [6.07, 6.45) is 0. The largest absolute Gasteiger partial charge is 0.135 e. The molecule has 0 spiro atoms. The number of hydrogen-bond acceptors (Lipinski definition) is 1. The fourth-order valence-electron chi connectivity index (χ4n) is 6.60. The molecule has 0 unspecified atom stereocenters. The molecule has 0 nitrogen and oxygen atoms in total. The summed E-state index contributed by atoms with van der Waals surface area (Å²) in [5, 5.41) is 8.03. The van der Waals surface area contributed by atoms with E-state index >= 15 is 0 Å². The van der Waals surface area contributed by atoms with E-state index < -0.39 is 0 Å². The Morgan fingerprint density at radius 1 is 0.333 bits per heavy atom. The second-order valence-corrected chi connectivity index (χ2v) is 11.6. The molecule has 1 aliphatic carbocycles. The Morgan fingerprint density at radius 3 is 1.97 bits per heavy atom. The Balaban J connectivity index is 1.19. The third-order valence-corrected chi connectivity index (χ3v) is 9.51. The van der Waals surface area contributed by atoms with Crippen LogP contribution in [0.4, 0.5) is 0 Å². The predicted molar refractivity (Wildman–Crippen MR) is 170 cm³/mol. The van der Waals surface area contributed by atoms with Gasteiger partial charge >= 0.3 is 0 Å². The van der Waals surface area contributed by atoms with E-state index in [1.165, 1.54) is 86.2 Å². The van der Waals surface area contributed by atoms with Gasteiger partial charge in [0.05, 0.1) is 0 Å². The standard InChI is InChI=1S/C38H22S/c1-2-11-31-30(10-1)32-13-6-9-27-21-28(22-34(31)37(27)32)24-8-5-7-23(19-24)25-15-17-29-26(20-25)16-18-36-38(29)33-12-3-4-14-35(33)39-36/h1-22H. The topological polar surface area (TPSA) is 0 Å². The van der Waals surface area contributed by atoms with Gasteiger partial charge in [0.2, 0.25) is 0 Å². The van der Waals surface area contributed by atoms with Crippen LogP contribution in [-0.4, -0.2) is 0 Å². The second-order valence-electron chi connectivity index (χ2n) is 10.5. The van der Waals surface area contributed by atoms with Gasteiger partial charge in [-0.05, 0) is 102 Å². The van der Waals surface area contributed by atoms with Gasteiger partial charge in [0.15, 0.2) is 0 Å². The lowest BCUT2D eigenvalue weighted by Crippen LogP contribution is -1.85. The SMILES string of the molecule is c1cc(-c2cc3c4c(cccc4c2)-c2ccccc2-3)cc(-c2ccc3c(ccc4sc5ccccc5c43)c2)c1. The third kappa shape index (κ3) is 3.05. The Morgan fingerprint density at radius 2 is 1.05 bits per heavy atom. The minimum atomic E-state index is 1.25. The highest BCUT2D eigenvalue weighted by atomic mass is 32.1. The summed E-state index contributed by atoms with van der Waals surface area (Å²) < 4.78 is 2.71. The molecule has 9 rings (SSSR count). The maximum absolute atomic E-state index is 2.38. The molecule has 0 atom stereocenters. The van der Waals surface area contributed by atoms with E-state index in [1.54, 1.807) is 0 Å². The van der Waals surface area contributed by atoms with Crippen LogP contribution >= 0.6 is 11.3 Å². The summed E-state index contributed by atoms with van der Waals surface area (Å²) in [6.45, 7) is 0. The first-order valence-corrected chi connectivity index (χ1v) is 14.2. The molecule has 0 aliphatic heterocycles. The van der Waals surface area contributed by atoms with Crippen molar-refractivity contribution in [3.8, 4) is 44.5 Å². The first-order chi connectivity index (χ1) is 19.3. The number of hydrogen-bond donors (Lipinski definition) is 0. The monoisotopic (exact) mass is 510 g/mol. The average Bonchev–Trinajstić information content (AvgIpc) is 3.54. The first kappa shape index (κ1) is 21.2. The zero-order valence-electron chi connectivity index (χ0n) is 21.1. The summed E-state index contributed by atoms with van der Waals surface area (Å²) in [6, 6.07) is 49.5. The van der Waals surface area contributed by atoms with E-state index in [-0.39, 0.29) is 0 Å². The zero-order chi connectivity index (χ0) is 25.5. The Kier molecular flexibility index (Phi) is 4.30. The molecule has 0 N–H and O–H groups in total. The van der Waals surface area contributed by atoms with Crippen LogP contribution in [0.3, 0.4) is 0 Å². The lowest BCUT2D eigenvalue weighted by atomic mass is 9.93. The minimum Gasteiger partial charge on any atom is -0.135 e. The molecule has 0 fully saturated rings. The average molecular weight is 511 g/mol. The number of fused-ring (bicyclic) bond motifs is 8. The molecule has 1 aromatic heterocycles. The lowest BCUT2D eigenvalue weighted by Gasteiger charge is -2.11. The molecule has 0 radical (unpaired) electrons. The molecule has 1 aliphatic rings. The van der Waals surface area contributed by atoms with Gasteiger partial charge in [-0.3, -0.25) is 0 Å². The molecular formula is C38H22S. The highest BCUT2D eigenvalue weighted by molar-refractivity contribution is 7.26. The molecule has 1 heteroatoms. The van der Waals surface area contributed by atoms with Crippen molar-refractivity contribution >= 4 is 53.1 Å². The van der Waals surface area contributed by atoms with Crippen molar-refractivity contribution < 1.29 is 0 Å². The van der Waals surface area contributed by atoms with Gasteiger partial charge < -0.3 is 0 Å². The van der Waals surface area contributed by atoms with Gasteiger partial charge in [0.25, 0.3) is 0 Å². The van der Waals surface area contributed by atoms with Gasteiger partial charge in [0, 0.05) is 20.2 Å². The minimum absolute atomic E-state index is 1.25. The van der Waals surface area contributed by atoms with Crippen LogP contribution in [0.1, 0.15) is 0 Å². The Hall–Kier alpha value is -4.72. The van der Waals surface area contributed by atoms with E-state index in [1.807, 2.05) is 11.3 Å². The van der Waals surface area contributed by atoms with Crippen molar-refractivity contribution in [1.82, 2.24) is 0 Å². The smallest absolute Gasteiger partial charge is 0.0361 e. The first-order valence-electron chi connectivity index (χ1n) is 13.4. The quantitative estimate of drug-likeness (QED) is 0.217. The number of benzene rings is 7. The van der Waals surface area contributed by atoms with Crippen molar-refractivity contribution in [3.05, 3.63) is 133 Å². The van der Waals surface area contributed by atoms with Crippen molar-refractivity contribution in [2.75, 3.05) is 0 Å². The fourth-order valence-corrected chi connectivity index (χ4v) is 7.72. The molecule has 8 aromatic rings. The maximum Gasteiger partial charge on any atom is 0.0361 e. The van der Waals surface area contributed by atoms with Crippen LogP contribution in [-0.2, 0) is 0 Å². The molecule has 0 saturated carbocycles. The van der Waals surface area contributed by atoms with Gasteiger partial charge in [0.1, 0.15) is 0 Å². The molecule has 180 valence electrons. The normalized spacial score (nSPS) is 12.1. The summed E-state index contributed by atoms with van der Waals surface area (Å²) in [4.78, 5) is 0. The van der Waals surface area contributed by atoms with Crippen LogP contribution in [0.5, 0.6) is 0 Å². The van der Waals surface area contributed by atoms with E-state index in [9.17, 15) is 0 Å². The summed E-state index contributed by atoms with van der Waals surface area (Å²) in [7, 11) is 0. The van der Waals surface area contributed by atoms with Crippen LogP contribution in [0.15, 0.2) is 133 Å². The Labute approximate surface area is 230 Å². The molecule has 0 amide bonds. The summed E-state index contributed by atoms with van der Waals surface area (Å²) in [5.74, 6) is 0. The van der Waals surface area contributed by atoms with Gasteiger partial charge in [-0.1, -0.05) is 97.1 Å². The maximum atomic E-state index is 2.38. The van der Waals surface area contributed by atoms with E-state index in [2.05, 4.69) is 133 Å². The third-order valence-electron chi connectivity index (χ3n) is 8.37. The van der Waals surface area contributed by atoms with E-state index in [0.717, 1.165) is 0 Å². The molecule has 39 heavy (non-hydrogen) atoms. The summed E-state index contributed by atoms with van der Waals surface area (Å²) >= 11 is 1.88. The molecule has 0 bridgehead atoms. The van der Waals surface area contributed by atoms with Crippen molar-refractivity contribution in [3.63, 3.8) is 0 Å². The highest BCUT2D eigenvalue weighted by Crippen LogP contribution is 2.48. The van der Waals surface area contributed by atoms with Crippen LogP contribution in [0.2, 0.25) is 0 Å². The van der Waals surface area contributed by atoms with Crippen molar-refractivity contribution in [2.24, 2.45) is 0 Å². The fraction of sp³-hybridized carbons (Fsp3) is 0. The van der Waals surface area contributed by atoms with Crippen molar-refractivity contribution in [1.29, 1.82) is 0 Å². The van der Waals surface area contributed by atoms with Crippen LogP contribution in [0, 0.1) is 0 Å². The predicted octanol–water partition coefficient (Wildman–Crippen LogP) is 11.3. The zero-order valence-corrected chi connectivity index (χ0v) is 21.9. The van der Waals surface area contributed by atoms with E-state index in [0.29, 0.717) is 0 Å². The highest BCUT2D eigenvalue weighted by Gasteiger charge is 2.21. The van der Waals surface area contributed by atoms with Crippen molar-refractivity contribution in [2.45, 2.75) is 0 Å². The Bertz CT molecular complexity index is 2280. The van der Waals surface area contributed by atoms with Crippen LogP contribution < -0.4 is 0 Å². The van der Waals surface area contributed by atoms with Gasteiger partial charge in [-0.2, -0.15) is 0 Å². The molecular weight excluding hydrogens is 488 g/mol. The lowest BCUT2D eigenvalue weighted by molar-refractivity contribution is 1.62. The molecule has 7 aromatic carbocycles. The van der Waals surface area contributed by atoms with Gasteiger partial charge in [-0.15, -0.1) is 11.3 Å². The van der Waals surface area contributed by atoms with E-state index in [4.69, 9.17) is 0 Å². The number of rotatable bonds is 2. The molecule has 0 saturated heterocycles. The van der Waals surface area contributed by atoms with Gasteiger partial charge in [-0.25, -0.2) is 0 Å². The second kappa shape index (κ2) is 7.89. The number of thiophene rings is 1. The molecule has 1 heterocycles. The summed E-state index contributed by atoms with van der Waals surface area (Å²) in [5.41, 5.74) is 10.4.